The molecule has 2 aliphatic rings. The molecule has 1 aliphatic carbocycles. The van der Waals surface area contributed by atoms with Crippen LogP contribution in [-0.4, -0.2) is 13.1 Å². The van der Waals surface area contributed by atoms with Crippen molar-refractivity contribution in [3.63, 3.8) is 0 Å². The third-order valence-electron chi connectivity index (χ3n) is 5.84. The van der Waals surface area contributed by atoms with Crippen LogP contribution < -0.4 is 5.32 Å². The van der Waals surface area contributed by atoms with Crippen LogP contribution in [0.15, 0.2) is 48.6 Å². The van der Waals surface area contributed by atoms with Crippen molar-refractivity contribution in [2.24, 2.45) is 5.92 Å². The van der Waals surface area contributed by atoms with Crippen LogP contribution in [-0.2, 0) is 4.74 Å². The zero-order valence-corrected chi connectivity index (χ0v) is 16.6. The van der Waals surface area contributed by atoms with Gasteiger partial charge in [-0.05, 0) is 47.1 Å². The van der Waals surface area contributed by atoms with E-state index in [1.54, 1.807) is 12.1 Å². The minimum Gasteiger partial charge on any atom is -0.465 e. The third kappa shape index (κ3) is 3.04. The number of hydrogen-bond acceptors (Lipinski definition) is 3. The van der Waals surface area contributed by atoms with Gasteiger partial charge in [-0.3, -0.25) is 0 Å². The first-order valence-corrected chi connectivity index (χ1v) is 9.82. The van der Waals surface area contributed by atoms with Crippen LogP contribution in [0.25, 0.3) is 0 Å². The first-order chi connectivity index (χ1) is 13.0. The van der Waals surface area contributed by atoms with E-state index in [1.807, 2.05) is 0 Å². The van der Waals surface area contributed by atoms with Gasteiger partial charge in [-0.15, -0.1) is 0 Å². The highest BCUT2D eigenvalue weighted by Crippen LogP contribution is 2.52. The lowest BCUT2D eigenvalue weighted by atomic mass is 9.75. The third-order valence-corrected chi connectivity index (χ3v) is 6.15. The van der Waals surface area contributed by atoms with E-state index in [2.05, 4.69) is 55.6 Å². The molecule has 0 saturated carbocycles. The number of allylic oxidation sites excluding steroid dienone is 2. The summed E-state index contributed by atoms with van der Waals surface area (Å²) in [6.45, 7) is 4.41. The maximum Gasteiger partial charge on any atom is 0.338 e. The predicted octanol–water partition coefficient (Wildman–Crippen LogP) is 6.08. The normalized spacial score (nSPS) is 22.9. The summed E-state index contributed by atoms with van der Waals surface area (Å²) in [5.74, 6) is 0.702. The number of hydrogen-bond donors (Lipinski definition) is 1. The van der Waals surface area contributed by atoms with E-state index >= 15 is 0 Å². The summed E-state index contributed by atoms with van der Waals surface area (Å²) in [5.41, 5.74) is 5.00. The Morgan fingerprint density at radius 3 is 2.59 bits per heavy atom. The summed E-state index contributed by atoms with van der Waals surface area (Å²) in [6, 6.07) is 12.6. The maximum atomic E-state index is 12.3. The Morgan fingerprint density at radius 1 is 1.19 bits per heavy atom. The molecule has 4 heteroatoms. The fraction of sp³-hybridized carbons (Fsp3) is 0.348. The topological polar surface area (TPSA) is 38.3 Å². The molecule has 3 nitrogen and oxygen atoms in total. The molecule has 0 unspecified atom stereocenters. The van der Waals surface area contributed by atoms with Gasteiger partial charge in [-0.1, -0.05) is 61.9 Å². The standard InChI is InChI=1S/C23H24ClNO2/c1-13(2)14-7-9-15(10-8-14)21-17-6-4-5-16(17)20-18(23(26)27-3)11-12-19(24)22(20)25-21/h4-5,7-13,16-17,21,25H,6H2,1-3H3/t16-,17-,21+/m1/s1. The number of carbonyl (C=O) groups is 1. The molecule has 0 bridgehead atoms. The van der Waals surface area contributed by atoms with Gasteiger partial charge in [0, 0.05) is 5.92 Å². The molecule has 140 valence electrons. The molecule has 0 fully saturated rings. The molecule has 2 aromatic carbocycles. The summed E-state index contributed by atoms with van der Waals surface area (Å²) in [6.07, 6.45) is 5.40. The first kappa shape index (κ1) is 18.1. The van der Waals surface area contributed by atoms with Crippen molar-refractivity contribution in [3.05, 3.63) is 75.8 Å². The molecule has 0 aromatic heterocycles. The Hall–Kier alpha value is -2.26. The first-order valence-electron chi connectivity index (χ1n) is 9.45. The number of benzene rings is 2. The minimum atomic E-state index is -0.316. The Balaban J connectivity index is 1.79. The van der Waals surface area contributed by atoms with Crippen LogP contribution in [0.3, 0.4) is 0 Å². The quantitative estimate of drug-likeness (QED) is 0.517. The van der Waals surface area contributed by atoms with Crippen molar-refractivity contribution < 1.29 is 9.53 Å². The Labute approximate surface area is 165 Å². The lowest BCUT2D eigenvalue weighted by molar-refractivity contribution is 0.0598. The summed E-state index contributed by atoms with van der Waals surface area (Å²) in [5, 5.41) is 4.28. The highest BCUT2D eigenvalue weighted by molar-refractivity contribution is 6.33. The average molecular weight is 382 g/mol. The van der Waals surface area contributed by atoms with Crippen molar-refractivity contribution in [2.75, 3.05) is 12.4 Å². The van der Waals surface area contributed by atoms with Crippen LogP contribution in [0, 0.1) is 5.92 Å². The van der Waals surface area contributed by atoms with E-state index in [0.717, 1.165) is 17.7 Å². The van der Waals surface area contributed by atoms with Crippen LogP contribution in [0.5, 0.6) is 0 Å². The number of rotatable bonds is 3. The van der Waals surface area contributed by atoms with Gasteiger partial charge >= 0.3 is 5.97 Å². The van der Waals surface area contributed by atoms with Gasteiger partial charge in [0.2, 0.25) is 0 Å². The summed E-state index contributed by atoms with van der Waals surface area (Å²) >= 11 is 6.53. The van der Waals surface area contributed by atoms with Crippen molar-refractivity contribution in [3.8, 4) is 0 Å². The molecule has 0 saturated heterocycles. The van der Waals surface area contributed by atoms with Crippen LogP contribution in [0.2, 0.25) is 5.02 Å². The van der Waals surface area contributed by atoms with E-state index < -0.39 is 0 Å². The number of nitrogens with one attached hydrogen (secondary N) is 1. The van der Waals surface area contributed by atoms with Crippen molar-refractivity contribution in [1.29, 1.82) is 0 Å². The fourth-order valence-corrected chi connectivity index (χ4v) is 4.60. The van der Waals surface area contributed by atoms with Gasteiger partial charge in [-0.25, -0.2) is 4.79 Å². The molecule has 0 radical (unpaired) electrons. The minimum absolute atomic E-state index is 0.156. The molecule has 1 heterocycles. The second-order valence-corrected chi connectivity index (χ2v) is 8.08. The van der Waals surface area contributed by atoms with Gasteiger partial charge in [-0.2, -0.15) is 0 Å². The number of methoxy groups -OCH3 is 1. The van der Waals surface area contributed by atoms with Gasteiger partial charge in [0.05, 0.1) is 29.4 Å². The molecule has 1 N–H and O–H groups in total. The van der Waals surface area contributed by atoms with Gasteiger partial charge in [0.1, 0.15) is 0 Å². The molecule has 0 amide bonds. The Morgan fingerprint density at radius 2 is 1.93 bits per heavy atom. The van der Waals surface area contributed by atoms with E-state index in [1.165, 1.54) is 18.2 Å². The van der Waals surface area contributed by atoms with E-state index in [4.69, 9.17) is 16.3 Å². The monoisotopic (exact) mass is 381 g/mol. The Kier molecular flexibility index (Phi) is 4.73. The Bertz CT molecular complexity index is 901. The van der Waals surface area contributed by atoms with E-state index in [-0.39, 0.29) is 17.9 Å². The van der Waals surface area contributed by atoms with Crippen molar-refractivity contribution in [2.45, 2.75) is 38.1 Å². The average Bonchev–Trinajstić information content (AvgIpc) is 3.17. The summed E-state index contributed by atoms with van der Waals surface area (Å²) in [4.78, 5) is 12.3. The van der Waals surface area contributed by atoms with Crippen LogP contribution in [0.1, 0.15) is 65.2 Å². The van der Waals surface area contributed by atoms with Crippen LogP contribution >= 0.6 is 11.6 Å². The second kappa shape index (κ2) is 7.05. The molecular weight excluding hydrogens is 358 g/mol. The lowest BCUT2D eigenvalue weighted by Gasteiger charge is -2.38. The zero-order valence-electron chi connectivity index (χ0n) is 15.8. The lowest BCUT2D eigenvalue weighted by Crippen LogP contribution is -2.30. The summed E-state index contributed by atoms with van der Waals surface area (Å²) in [7, 11) is 1.42. The SMILES string of the molecule is COC(=O)c1ccc(Cl)c2c1[C@@H]1C=CC[C@H]1[C@H](c1ccc(C(C)C)cc1)N2. The molecule has 2 aromatic rings. The van der Waals surface area contributed by atoms with Gasteiger partial charge < -0.3 is 10.1 Å². The molecule has 0 spiro atoms. The van der Waals surface area contributed by atoms with Crippen molar-refractivity contribution in [1.82, 2.24) is 0 Å². The zero-order chi connectivity index (χ0) is 19.1. The number of fused-ring (bicyclic) bond motifs is 3. The second-order valence-electron chi connectivity index (χ2n) is 7.67. The van der Waals surface area contributed by atoms with Gasteiger partial charge in [0.25, 0.3) is 0 Å². The number of halogens is 1. The smallest absolute Gasteiger partial charge is 0.338 e. The largest absolute Gasteiger partial charge is 0.465 e. The predicted molar refractivity (Wildman–Crippen MR) is 110 cm³/mol. The van der Waals surface area contributed by atoms with E-state index in [0.29, 0.717) is 22.4 Å². The molecule has 4 rings (SSSR count). The molecule has 3 atom stereocenters. The molecule has 27 heavy (non-hydrogen) atoms. The number of carbonyl (C=O) groups excluding carboxylic acids is 1. The highest BCUT2D eigenvalue weighted by atomic mass is 35.5. The van der Waals surface area contributed by atoms with Crippen molar-refractivity contribution >= 4 is 23.3 Å². The number of anilines is 1. The maximum absolute atomic E-state index is 12.3. The summed E-state index contributed by atoms with van der Waals surface area (Å²) < 4.78 is 5.00. The molecular formula is C23H24ClNO2. The highest BCUT2D eigenvalue weighted by Gasteiger charge is 2.41. The van der Waals surface area contributed by atoms with E-state index in [9.17, 15) is 4.79 Å². The number of esters is 1. The van der Waals surface area contributed by atoms with Gasteiger partial charge in [0.15, 0.2) is 0 Å². The number of ether oxygens (including phenoxy) is 1. The molecule has 1 aliphatic heterocycles. The van der Waals surface area contributed by atoms with Crippen LogP contribution in [0.4, 0.5) is 5.69 Å². The fourth-order valence-electron chi connectivity index (χ4n) is 4.38.